The number of aliphatic carboxylic acids is 1. The zero-order valence-electron chi connectivity index (χ0n) is 10.9. The molecule has 0 saturated heterocycles. The van der Waals surface area contributed by atoms with Crippen LogP contribution in [0.4, 0.5) is 5.69 Å². The van der Waals surface area contributed by atoms with Gasteiger partial charge in [-0.3, -0.25) is 9.59 Å². The quantitative estimate of drug-likeness (QED) is 0.871. The Bertz CT molecular complexity index is 522. The summed E-state index contributed by atoms with van der Waals surface area (Å²) < 4.78 is 0. The minimum Gasteiger partial charge on any atom is -0.481 e. The summed E-state index contributed by atoms with van der Waals surface area (Å²) in [6.45, 7) is 5.94. The van der Waals surface area contributed by atoms with Gasteiger partial charge in [0.05, 0.1) is 12.1 Å². The molecule has 0 bridgehead atoms. The molecule has 1 aromatic rings. The van der Waals surface area contributed by atoms with Crippen molar-refractivity contribution in [1.29, 1.82) is 0 Å². The van der Waals surface area contributed by atoms with Gasteiger partial charge in [0, 0.05) is 19.4 Å². The van der Waals surface area contributed by atoms with Gasteiger partial charge in [-0.1, -0.05) is 17.7 Å². The van der Waals surface area contributed by atoms with Crippen LogP contribution in [0.2, 0.25) is 0 Å². The highest BCUT2D eigenvalue weighted by Crippen LogP contribution is 2.41. The van der Waals surface area contributed by atoms with Crippen LogP contribution in [0.25, 0.3) is 0 Å². The highest BCUT2D eigenvalue weighted by atomic mass is 16.4. The van der Waals surface area contributed by atoms with E-state index in [9.17, 15) is 9.59 Å². The number of carbonyl (C=O) groups excluding carboxylic acids is 1. The molecule has 1 amide bonds. The van der Waals surface area contributed by atoms with E-state index in [-0.39, 0.29) is 18.2 Å². The first-order chi connectivity index (χ1) is 8.40. The second kappa shape index (κ2) is 4.44. The molecule has 0 spiro atoms. The van der Waals surface area contributed by atoms with E-state index >= 15 is 0 Å². The first kappa shape index (κ1) is 12.6. The fourth-order valence-electron chi connectivity index (χ4n) is 2.75. The van der Waals surface area contributed by atoms with Gasteiger partial charge >= 0.3 is 5.97 Å². The largest absolute Gasteiger partial charge is 0.481 e. The maximum Gasteiger partial charge on any atom is 0.304 e. The van der Waals surface area contributed by atoms with Gasteiger partial charge in [-0.15, -0.1) is 0 Å². The first-order valence-electron chi connectivity index (χ1n) is 6.01. The van der Waals surface area contributed by atoms with Gasteiger partial charge < -0.3 is 10.0 Å². The molecule has 0 aliphatic carbocycles. The van der Waals surface area contributed by atoms with E-state index in [1.807, 2.05) is 26.0 Å². The predicted octanol–water partition coefficient (Wildman–Crippen LogP) is 2.23. The summed E-state index contributed by atoms with van der Waals surface area (Å²) in [4.78, 5) is 24.3. The van der Waals surface area contributed by atoms with Gasteiger partial charge in [-0.2, -0.15) is 0 Å². The number of carboxylic acid groups (broad SMARTS) is 1. The molecule has 1 aliphatic heterocycles. The molecule has 1 aromatic carbocycles. The summed E-state index contributed by atoms with van der Waals surface area (Å²) in [6, 6.07) is 4.02. The summed E-state index contributed by atoms with van der Waals surface area (Å²) in [5, 5.41) is 8.96. The summed E-state index contributed by atoms with van der Waals surface area (Å²) in [6.07, 6.45) is 0.0691. The van der Waals surface area contributed by atoms with Crippen LogP contribution in [0.1, 0.15) is 36.0 Å². The molecule has 0 aromatic heterocycles. The van der Waals surface area contributed by atoms with Crippen LogP contribution in [0.15, 0.2) is 12.1 Å². The van der Waals surface area contributed by atoms with Crippen molar-refractivity contribution in [3.63, 3.8) is 0 Å². The van der Waals surface area contributed by atoms with Crippen molar-refractivity contribution in [2.45, 2.75) is 33.1 Å². The lowest BCUT2D eigenvalue weighted by Gasteiger charge is -2.17. The van der Waals surface area contributed by atoms with E-state index in [1.54, 1.807) is 4.90 Å². The van der Waals surface area contributed by atoms with E-state index in [1.165, 1.54) is 6.92 Å². The van der Waals surface area contributed by atoms with Crippen molar-refractivity contribution < 1.29 is 14.7 Å². The van der Waals surface area contributed by atoms with E-state index < -0.39 is 5.97 Å². The Morgan fingerprint density at radius 3 is 2.61 bits per heavy atom. The van der Waals surface area contributed by atoms with Crippen LogP contribution >= 0.6 is 0 Å². The average molecular weight is 247 g/mol. The van der Waals surface area contributed by atoms with Crippen molar-refractivity contribution >= 4 is 17.6 Å². The van der Waals surface area contributed by atoms with Crippen LogP contribution in [-0.4, -0.2) is 23.5 Å². The second-order valence-electron chi connectivity index (χ2n) is 4.94. The van der Waals surface area contributed by atoms with Crippen LogP contribution in [0.3, 0.4) is 0 Å². The molecule has 1 aliphatic rings. The van der Waals surface area contributed by atoms with Crippen LogP contribution in [0.5, 0.6) is 0 Å². The number of aryl methyl sites for hydroxylation is 2. The number of amides is 1. The molecule has 4 nitrogen and oxygen atoms in total. The number of fused-ring (bicyclic) bond motifs is 1. The number of anilines is 1. The van der Waals surface area contributed by atoms with Gasteiger partial charge in [0.2, 0.25) is 5.91 Å². The monoisotopic (exact) mass is 247 g/mol. The topological polar surface area (TPSA) is 57.6 Å². The Morgan fingerprint density at radius 1 is 1.39 bits per heavy atom. The summed E-state index contributed by atoms with van der Waals surface area (Å²) in [5.41, 5.74) is 4.03. The van der Waals surface area contributed by atoms with Gasteiger partial charge in [-0.05, 0) is 25.0 Å². The zero-order chi connectivity index (χ0) is 13.4. The SMILES string of the molecule is CC(=O)N1CC(CC(=O)O)c2cc(C)cc(C)c21. The lowest BCUT2D eigenvalue weighted by atomic mass is 9.95. The van der Waals surface area contributed by atoms with Crippen molar-refractivity contribution in [3.05, 3.63) is 28.8 Å². The second-order valence-corrected chi connectivity index (χ2v) is 4.94. The molecule has 1 unspecified atom stereocenters. The molecule has 18 heavy (non-hydrogen) atoms. The molecule has 1 heterocycles. The molecule has 4 heteroatoms. The van der Waals surface area contributed by atoms with Gasteiger partial charge in [-0.25, -0.2) is 0 Å². The number of hydrogen-bond donors (Lipinski definition) is 1. The smallest absolute Gasteiger partial charge is 0.304 e. The van der Waals surface area contributed by atoms with Crippen molar-refractivity contribution in [1.82, 2.24) is 0 Å². The van der Waals surface area contributed by atoms with E-state index in [0.717, 1.165) is 22.4 Å². The van der Waals surface area contributed by atoms with Crippen molar-refractivity contribution in [3.8, 4) is 0 Å². The molecule has 2 rings (SSSR count). The highest BCUT2D eigenvalue weighted by molar-refractivity contribution is 5.95. The fraction of sp³-hybridized carbons (Fsp3) is 0.429. The number of hydrogen-bond acceptors (Lipinski definition) is 2. The van der Waals surface area contributed by atoms with E-state index in [4.69, 9.17) is 5.11 Å². The lowest BCUT2D eigenvalue weighted by Crippen LogP contribution is -2.28. The maximum absolute atomic E-state index is 11.7. The van der Waals surface area contributed by atoms with Crippen LogP contribution < -0.4 is 4.90 Å². The summed E-state index contributed by atoms with van der Waals surface area (Å²) >= 11 is 0. The zero-order valence-corrected chi connectivity index (χ0v) is 10.9. The van der Waals surface area contributed by atoms with Gasteiger partial charge in [0.1, 0.15) is 0 Å². The van der Waals surface area contributed by atoms with E-state index in [0.29, 0.717) is 6.54 Å². The normalized spacial score (nSPS) is 17.7. The Balaban J connectivity index is 2.50. The molecule has 0 fully saturated rings. The fourth-order valence-corrected chi connectivity index (χ4v) is 2.75. The third kappa shape index (κ3) is 2.10. The lowest BCUT2D eigenvalue weighted by molar-refractivity contribution is -0.137. The molecule has 0 radical (unpaired) electrons. The number of rotatable bonds is 2. The number of nitrogens with zero attached hydrogens (tertiary/aromatic N) is 1. The first-order valence-corrected chi connectivity index (χ1v) is 6.01. The molecule has 1 atom stereocenters. The van der Waals surface area contributed by atoms with E-state index in [2.05, 4.69) is 0 Å². The maximum atomic E-state index is 11.7. The Hall–Kier alpha value is -1.84. The third-order valence-corrected chi connectivity index (χ3v) is 3.39. The molecular weight excluding hydrogens is 230 g/mol. The average Bonchev–Trinajstić information content (AvgIpc) is 2.56. The molecule has 1 N–H and O–H groups in total. The van der Waals surface area contributed by atoms with Gasteiger partial charge in [0.15, 0.2) is 0 Å². The van der Waals surface area contributed by atoms with Crippen molar-refractivity contribution in [2.24, 2.45) is 0 Å². The Morgan fingerprint density at radius 2 is 2.06 bits per heavy atom. The number of carbonyl (C=O) groups is 2. The number of carboxylic acids is 1. The van der Waals surface area contributed by atoms with Crippen molar-refractivity contribution in [2.75, 3.05) is 11.4 Å². The standard InChI is InChI=1S/C14H17NO3/c1-8-4-9(2)14-12(5-8)11(6-13(17)18)7-15(14)10(3)16/h4-5,11H,6-7H2,1-3H3,(H,17,18). The Labute approximate surface area is 106 Å². The third-order valence-electron chi connectivity index (χ3n) is 3.39. The summed E-state index contributed by atoms with van der Waals surface area (Å²) in [7, 11) is 0. The predicted molar refractivity (Wildman–Crippen MR) is 68.9 cm³/mol. The summed E-state index contributed by atoms with van der Waals surface area (Å²) in [5.74, 6) is -0.952. The van der Waals surface area contributed by atoms with Gasteiger partial charge in [0.25, 0.3) is 0 Å². The van der Waals surface area contributed by atoms with Crippen LogP contribution in [0, 0.1) is 13.8 Å². The molecule has 96 valence electrons. The molecular formula is C14H17NO3. The minimum atomic E-state index is -0.824. The molecule has 0 saturated carbocycles. The van der Waals surface area contributed by atoms with Crippen LogP contribution in [-0.2, 0) is 9.59 Å². The minimum absolute atomic E-state index is 0.0314. The highest BCUT2D eigenvalue weighted by Gasteiger charge is 2.33. The Kier molecular flexibility index (Phi) is 3.11. The number of benzene rings is 1.